The minimum Gasteiger partial charge on any atom is -0.258 e. The smallest absolute Gasteiger partial charge is 0.209 e. The first-order valence-corrected chi connectivity index (χ1v) is 8.52. The third-order valence-electron chi connectivity index (χ3n) is 3.85. The number of hydrogen-bond acceptors (Lipinski definition) is 6. The van der Waals surface area contributed by atoms with Crippen LogP contribution in [-0.2, 0) is 0 Å². The molecule has 4 rings (SSSR count). The van der Waals surface area contributed by atoms with E-state index in [0.29, 0.717) is 11.2 Å². The highest BCUT2D eigenvalue weighted by Crippen LogP contribution is 2.39. The molecule has 118 valence electrons. The van der Waals surface area contributed by atoms with Crippen LogP contribution in [0.5, 0.6) is 0 Å². The first kappa shape index (κ1) is 14.4. The quantitative estimate of drug-likeness (QED) is 0.725. The largest absolute Gasteiger partial charge is 0.258 e. The van der Waals surface area contributed by atoms with Gasteiger partial charge in [-0.2, -0.15) is 0 Å². The lowest BCUT2D eigenvalue weighted by atomic mass is 10.1. The van der Waals surface area contributed by atoms with E-state index in [1.54, 1.807) is 11.8 Å². The molecule has 1 aliphatic carbocycles. The van der Waals surface area contributed by atoms with E-state index in [9.17, 15) is 0 Å². The normalized spacial score (nSPS) is 15.7. The molecule has 1 aromatic carbocycles. The number of aryl methyl sites for hydroxylation is 1. The van der Waals surface area contributed by atoms with Crippen molar-refractivity contribution < 1.29 is 0 Å². The minimum absolute atomic E-state index is 0.104. The number of thioether (sulfide) groups is 1. The lowest BCUT2D eigenvalue weighted by Gasteiger charge is -2.08. The van der Waals surface area contributed by atoms with Crippen LogP contribution in [0.2, 0.25) is 0 Å². The Labute approximate surface area is 137 Å². The molecule has 0 saturated heterocycles. The maximum Gasteiger partial charge on any atom is 0.209 e. The second-order valence-electron chi connectivity index (χ2n) is 5.81. The van der Waals surface area contributed by atoms with Gasteiger partial charge in [-0.15, -0.1) is 10.2 Å². The summed E-state index contributed by atoms with van der Waals surface area (Å²) in [6.07, 6.45) is 2.32. The predicted molar refractivity (Wildman–Crippen MR) is 86.9 cm³/mol. The van der Waals surface area contributed by atoms with E-state index in [-0.39, 0.29) is 5.25 Å². The van der Waals surface area contributed by atoms with Crippen LogP contribution in [0.1, 0.15) is 42.4 Å². The highest BCUT2D eigenvalue weighted by molar-refractivity contribution is 7.99. The fraction of sp³-hybridized carbons (Fsp3) is 0.400. The summed E-state index contributed by atoms with van der Waals surface area (Å²) >= 11 is 1.56. The number of hydrogen-bond donors (Lipinski definition) is 1. The van der Waals surface area contributed by atoms with E-state index in [1.165, 1.54) is 5.56 Å². The molecule has 0 unspecified atom stereocenters. The number of tetrazole rings is 1. The summed E-state index contributed by atoms with van der Waals surface area (Å²) < 4.78 is 1.94. The molecule has 1 fully saturated rings. The lowest BCUT2D eigenvalue weighted by molar-refractivity contribution is 0.583. The summed E-state index contributed by atoms with van der Waals surface area (Å²) in [6.45, 7) is 4.15. The maximum absolute atomic E-state index is 4.57. The van der Waals surface area contributed by atoms with E-state index in [4.69, 9.17) is 0 Å². The molecule has 1 N–H and O–H groups in total. The molecule has 23 heavy (non-hydrogen) atoms. The second kappa shape index (κ2) is 5.77. The van der Waals surface area contributed by atoms with Gasteiger partial charge in [-0.3, -0.25) is 5.10 Å². The minimum atomic E-state index is 0.104. The first-order valence-electron chi connectivity index (χ1n) is 7.64. The molecule has 0 amide bonds. The fourth-order valence-corrected chi connectivity index (χ4v) is 3.22. The first-order chi connectivity index (χ1) is 11.2. The molecule has 3 aromatic rings. The van der Waals surface area contributed by atoms with Gasteiger partial charge in [0, 0.05) is 5.56 Å². The van der Waals surface area contributed by atoms with E-state index in [1.807, 2.05) is 16.8 Å². The van der Waals surface area contributed by atoms with Gasteiger partial charge in [0.15, 0.2) is 11.6 Å². The summed E-state index contributed by atoms with van der Waals surface area (Å²) in [4.78, 5) is 4.57. The summed E-state index contributed by atoms with van der Waals surface area (Å²) in [6, 6.07) is 8.69. The Hall–Kier alpha value is -2.22. The average molecular weight is 327 g/mol. The van der Waals surface area contributed by atoms with Crippen LogP contribution in [0, 0.1) is 6.92 Å². The number of rotatable bonds is 5. The average Bonchev–Trinajstić information content (AvgIpc) is 3.09. The third-order valence-corrected chi connectivity index (χ3v) is 4.80. The lowest BCUT2D eigenvalue weighted by Crippen LogP contribution is -2.05. The molecule has 2 heterocycles. The molecule has 8 heteroatoms. The van der Waals surface area contributed by atoms with Crippen molar-refractivity contribution in [1.29, 1.82) is 0 Å². The summed E-state index contributed by atoms with van der Waals surface area (Å²) in [7, 11) is 0. The zero-order valence-corrected chi connectivity index (χ0v) is 13.8. The van der Waals surface area contributed by atoms with Crippen LogP contribution in [0.3, 0.4) is 0 Å². The van der Waals surface area contributed by atoms with Crippen molar-refractivity contribution >= 4 is 11.8 Å². The maximum atomic E-state index is 4.57. The zero-order valence-electron chi connectivity index (χ0n) is 13.0. The Balaban J connectivity index is 1.50. The van der Waals surface area contributed by atoms with Crippen LogP contribution >= 0.6 is 11.8 Å². The SMILES string of the molecule is Cc1ccc(-c2nc(S[C@@H](C)c3nnnn3C3CC3)n[nH]2)cc1. The molecule has 0 spiro atoms. The van der Waals surface area contributed by atoms with Gasteiger partial charge in [0.1, 0.15) is 0 Å². The van der Waals surface area contributed by atoms with Gasteiger partial charge in [0.05, 0.1) is 11.3 Å². The van der Waals surface area contributed by atoms with Crippen molar-refractivity contribution in [2.24, 2.45) is 0 Å². The second-order valence-corrected chi connectivity index (χ2v) is 7.11. The third kappa shape index (κ3) is 2.98. The molecular formula is C15H17N7S. The predicted octanol–water partition coefficient (Wildman–Crippen LogP) is 2.95. The van der Waals surface area contributed by atoms with Crippen LogP contribution in [-0.4, -0.2) is 35.4 Å². The number of benzene rings is 1. The van der Waals surface area contributed by atoms with Gasteiger partial charge >= 0.3 is 0 Å². The van der Waals surface area contributed by atoms with Crippen molar-refractivity contribution in [2.75, 3.05) is 0 Å². The van der Waals surface area contributed by atoms with Gasteiger partial charge in [0.2, 0.25) is 5.16 Å². The molecule has 1 atom stereocenters. The molecular weight excluding hydrogens is 310 g/mol. The molecule has 0 radical (unpaired) electrons. The topological polar surface area (TPSA) is 85.2 Å². The van der Waals surface area contributed by atoms with Crippen molar-refractivity contribution in [3.8, 4) is 11.4 Å². The Morgan fingerprint density at radius 2 is 2.04 bits per heavy atom. The number of nitrogens with one attached hydrogen (secondary N) is 1. The molecule has 7 nitrogen and oxygen atoms in total. The van der Waals surface area contributed by atoms with Crippen LogP contribution in [0.15, 0.2) is 29.4 Å². The van der Waals surface area contributed by atoms with Gasteiger partial charge < -0.3 is 0 Å². The zero-order chi connectivity index (χ0) is 15.8. The highest BCUT2D eigenvalue weighted by atomic mass is 32.2. The van der Waals surface area contributed by atoms with Gasteiger partial charge in [-0.25, -0.2) is 9.67 Å². The Morgan fingerprint density at radius 1 is 1.26 bits per heavy atom. The van der Waals surface area contributed by atoms with Gasteiger partial charge in [0.25, 0.3) is 0 Å². The summed E-state index contributed by atoms with van der Waals surface area (Å²) in [5.74, 6) is 1.67. The number of aromatic nitrogens is 7. The Bertz CT molecular complexity index is 803. The van der Waals surface area contributed by atoms with E-state index in [0.717, 1.165) is 30.1 Å². The van der Waals surface area contributed by atoms with Crippen LogP contribution < -0.4 is 0 Å². The van der Waals surface area contributed by atoms with Crippen molar-refractivity contribution in [2.45, 2.75) is 43.1 Å². The molecule has 1 aliphatic rings. The molecule has 0 bridgehead atoms. The Morgan fingerprint density at radius 3 is 2.78 bits per heavy atom. The van der Waals surface area contributed by atoms with E-state index >= 15 is 0 Å². The van der Waals surface area contributed by atoms with Crippen LogP contribution in [0.4, 0.5) is 0 Å². The van der Waals surface area contributed by atoms with Gasteiger partial charge in [-0.1, -0.05) is 41.6 Å². The van der Waals surface area contributed by atoms with Gasteiger partial charge in [-0.05, 0) is 37.1 Å². The summed E-state index contributed by atoms with van der Waals surface area (Å²) in [5.41, 5.74) is 2.26. The van der Waals surface area contributed by atoms with E-state index < -0.39 is 0 Å². The molecule has 2 aromatic heterocycles. The standard InChI is InChI=1S/C15H17N7S/c1-9-3-5-11(6-4-9)13-16-15(19-17-13)23-10(2)14-18-20-21-22(14)12-7-8-12/h3-6,10,12H,7-8H2,1-2H3,(H,16,17,19)/t10-/m0/s1. The Kier molecular flexibility index (Phi) is 3.60. The number of H-pyrrole nitrogens is 1. The van der Waals surface area contributed by atoms with Crippen LogP contribution in [0.25, 0.3) is 11.4 Å². The van der Waals surface area contributed by atoms with Crippen molar-refractivity contribution in [3.63, 3.8) is 0 Å². The van der Waals surface area contributed by atoms with Crippen molar-refractivity contribution in [1.82, 2.24) is 35.4 Å². The molecule has 1 saturated carbocycles. The van der Waals surface area contributed by atoms with E-state index in [2.05, 4.69) is 56.7 Å². The highest BCUT2D eigenvalue weighted by Gasteiger charge is 2.30. The van der Waals surface area contributed by atoms with Crippen molar-refractivity contribution in [3.05, 3.63) is 35.7 Å². The summed E-state index contributed by atoms with van der Waals surface area (Å²) in [5, 5.41) is 20.2. The molecule has 0 aliphatic heterocycles. The fourth-order valence-electron chi connectivity index (χ4n) is 2.40. The monoisotopic (exact) mass is 327 g/mol. The number of aromatic amines is 1. The number of nitrogens with zero attached hydrogens (tertiary/aromatic N) is 6.